The Kier molecular flexibility index (Phi) is 2.70. The second kappa shape index (κ2) is 4.00. The van der Waals surface area contributed by atoms with Crippen LogP contribution >= 0.6 is 0 Å². The van der Waals surface area contributed by atoms with E-state index in [1.54, 1.807) is 4.68 Å². The van der Waals surface area contributed by atoms with Gasteiger partial charge in [-0.2, -0.15) is 0 Å². The van der Waals surface area contributed by atoms with Gasteiger partial charge in [-0.15, -0.1) is 5.10 Å². The molecule has 1 fully saturated rings. The molecule has 0 radical (unpaired) electrons. The summed E-state index contributed by atoms with van der Waals surface area (Å²) in [5.41, 5.74) is 1.31. The predicted octanol–water partition coefficient (Wildman–Crippen LogP) is 1.26. The number of rotatable bonds is 2. The highest BCUT2D eigenvalue weighted by atomic mass is 16.5. The number of hydrogen-bond donors (Lipinski definition) is 0. The maximum atomic E-state index is 11.5. The molecule has 1 aliphatic carbocycles. The van der Waals surface area contributed by atoms with Crippen LogP contribution in [0.25, 0.3) is 0 Å². The quantitative estimate of drug-likeness (QED) is 0.688. The Labute approximate surface area is 88.4 Å². The molecule has 5 heteroatoms. The van der Waals surface area contributed by atoms with Crippen LogP contribution in [0, 0.1) is 0 Å². The molecule has 0 N–H and O–H groups in total. The van der Waals surface area contributed by atoms with Crippen molar-refractivity contribution in [1.82, 2.24) is 15.0 Å². The fraction of sp³-hybridized carbons (Fsp3) is 0.700. The summed E-state index contributed by atoms with van der Waals surface area (Å²) in [4.78, 5) is 11.5. The molecule has 0 spiro atoms. The van der Waals surface area contributed by atoms with Crippen molar-refractivity contribution in [3.8, 4) is 0 Å². The number of carbonyl (C=O) groups is 1. The van der Waals surface area contributed by atoms with Gasteiger partial charge < -0.3 is 4.74 Å². The molecule has 0 bridgehead atoms. The Morgan fingerprint density at radius 3 is 2.73 bits per heavy atom. The van der Waals surface area contributed by atoms with Crippen molar-refractivity contribution in [3.05, 3.63) is 11.4 Å². The maximum absolute atomic E-state index is 11.5. The smallest absolute Gasteiger partial charge is 0.360 e. The summed E-state index contributed by atoms with van der Waals surface area (Å²) < 4.78 is 6.39. The third-order valence-electron chi connectivity index (χ3n) is 2.99. The van der Waals surface area contributed by atoms with E-state index in [1.807, 2.05) is 7.05 Å². The average molecular weight is 209 g/mol. The van der Waals surface area contributed by atoms with E-state index in [0.717, 1.165) is 18.5 Å². The molecule has 1 aromatic heterocycles. The van der Waals surface area contributed by atoms with Gasteiger partial charge in [0.05, 0.1) is 12.8 Å². The lowest BCUT2D eigenvalue weighted by Crippen LogP contribution is -2.10. The van der Waals surface area contributed by atoms with E-state index in [1.165, 1.54) is 20.0 Å². The Hall–Kier alpha value is -1.39. The second-order valence-electron chi connectivity index (χ2n) is 3.92. The molecule has 82 valence electrons. The molecule has 1 aromatic rings. The summed E-state index contributed by atoms with van der Waals surface area (Å²) in [5, 5.41) is 7.77. The third-order valence-corrected chi connectivity index (χ3v) is 2.99. The van der Waals surface area contributed by atoms with Crippen molar-refractivity contribution in [2.45, 2.75) is 31.6 Å². The van der Waals surface area contributed by atoms with Gasteiger partial charge >= 0.3 is 5.97 Å². The van der Waals surface area contributed by atoms with Crippen molar-refractivity contribution in [3.63, 3.8) is 0 Å². The van der Waals surface area contributed by atoms with Crippen LogP contribution in [0.3, 0.4) is 0 Å². The van der Waals surface area contributed by atoms with Crippen LogP contribution in [-0.2, 0) is 11.8 Å². The summed E-state index contributed by atoms with van der Waals surface area (Å²) >= 11 is 0. The van der Waals surface area contributed by atoms with Crippen LogP contribution in [0.5, 0.6) is 0 Å². The highest BCUT2D eigenvalue weighted by Crippen LogP contribution is 2.34. The fourth-order valence-corrected chi connectivity index (χ4v) is 2.26. The first-order valence-corrected chi connectivity index (χ1v) is 5.22. The molecule has 5 nitrogen and oxygen atoms in total. The molecule has 1 heterocycles. The molecule has 0 unspecified atom stereocenters. The van der Waals surface area contributed by atoms with Crippen LogP contribution in [0.1, 0.15) is 47.8 Å². The van der Waals surface area contributed by atoms with Crippen molar-refractivity contribution in [2.24, 2.45) is 7.05 Å². The van der Waals surface area contributed by atoms with Gasteiger partial charge in [0.2, 0.25) is 0 Å². The van der Waals surface area contributed by atoms with Crippen molar-refractivity contribution < 1.29 is 9.53 Å². The third kappa shape index (κ3) is 1.73. The molecule has 1 aliphatic rings. The number of carbonyl (C=O) groups excluding carboxylic acids is 1. The first kappa shape index (κ1) is 10.1. The highest BCUT2D eigenvalue weighted by Gasteiger charge is 2.28. The monoisotopic (exact) mass is 209 g/mol. The Bertz CT molecular complexity index is 367. The van der Waals surface area contributed by atoms with E-state index in [9.17, 15) is 4.79 Å². The molecule has 2 rings (SSSR count). The van der Waals surface area contributed by atoms with Gasteiger partial charge in [-0.3, -0.25) is 4.68 Å². The minimum atomic E-state index is -0.384. The maximum Gasteiger partial charge on any atom is 0.360 e. The van der Waals surface area contributed by atoms with Crippen molar-refractivity contribution >= 4 is 5.97 Å². The van der Waals surface area contributed by atoms with Gasteiger partial charge in [0.1, 0.15) is 0 Å². The Morgan fingerprint density at radius 1 is 1.47 bits per heavy atom. The van der Waals surface area contributed by atoms with E-state index >= 15 is 0 Å². The normalized spacial score (nSPS) is 16.9. The first-order valence-electron chi connectivity index (χ1n) is 5.22. The fourth-order valence-electron chi connectivity index (χ4n) is 2.26. The topological polar surface area (TPSA) is 57.0 Å². The number of methoxy groups -OCH3 is 1. The molecular weight excluding hydrogens is 194 g/mol. The van der Waals surface area contributed by atoms with Gasteiger partial charge in [0, 0.05) is 13.0 Å². The van der Waals surface area contributed by atoms with Gasteiger partial charge in [0.25, 0.3) is 0 Å². The average Bonchev–Trinajstić information content (AvgIpc) is 2.85. The standard InChI is InChI=1S/C10H15N3O2/c1-13-9(7-5-3-4-6-7)8(11-12-13)10(14)15-2/h7H,3-6H2,1-2H3. The zero-order chi connectivity index (χ0) is 10.8. The van der Waals surface area contributed by atoms with Gasteiger partial charge in [-0.25, -0.2) is 4.79 Å². The van der Waals surface area contributed by atoms with Crippen LogP contribution in [0.2, 0.25) is 0 Å². The number of esters is 1. The minimum Gasteiger partial charge on any atom is -0.464 e. The largest absolute Gasteiger partial charge is 0.464 e. The van der Waals surface area contributed by atoms with E-state index in [-0.39, 0.29) is 5.97 Å². The lowest BCUT2D eigenvalue weighted by Gasteiger charge is -2.09. The number of ether oxygens (including phenoxy) is 1. The number of nitrogens with zero attached hydrogens (tertiary/aromatic N) is 3. The molecular formula is C10H15N3O2. The molecule has 1 saturated carbocycles. The number of aryl methyl sites for hydroxylation is 1. The minimum absolute atomic E-state index is 0.381. The van der Waals surface area contributed by atoms with Gasteiger partial charge in [-0.05, 0) is 12.8 Å². The SMILES string of the molecule is COC(=O)c1nnn(C)c1C1CCCC1. The van der Waals surface area contributed by atoms with E-state index in [2.05, 4.69) is 10.3 Å². The number of aromatic nitrogens is 3. The first-order chi connectivity index (χ1) is 7.24. The van der Waals surface area contributed by atoms with Gasteiger partial charge in [0.15, 0.2) is 5.69 Å². The van der Waals surface area contributed by atoms with Crippen molar-refractivity contribution in [2.75, 3.05) is 7.11 Å². The molecule has 0 amide bonds. The highest BCUT2D eigenvalue weighted by molar-refractivity contribution is 5.88. The predicted molar refractivity (Wildman–Crippen MR) is 53.6 cm³/mol. The molecule has 0 aromatic carbocycles. The lowest BCUT2D eigenvalue weighted by molar-refractivity contribution is 0.0592. The van der Waals surface area contributed by atoms with Crippen LogP contribution < -0.4 is 0 Å². The summed E-state index contributed by atoms with van der Waals surface area (Å²) in [6.07, 6.45) is 4.67. The summed E-state index contributed by atoms with van der Waals surface area (Å²) in [6.45, 7) is 0. The second-order valence-corrected chi connectivity index (χ2v) is 3.92. The molecule has 0 saturated heterocycles. The zero-order valence-corrected chi connectivity index (χ0v) is 9.06. The summed E-state index contributed by atoms with van der Waals surface area (Å²) in [7, 11) is 3.20. The summed E-state index contributed by atoms with van der Waals surface area (Å²) in [5.74, 6) is 0.0316. The number of hydrogen-bond acceptors (Lipinski definition) is 4. The van der Waals surface area contributed by atoms with E-state index < -0.39 is 0 Å². The van der Waals surface area contributed by atoms with Crippen LogP contribution in [0.4, 0.5) is 0 Å². The molecule has 15 heavy (non-hydrogen) atoms. The Morgan fingerprint density at radius 2 is 2.13 bits per heavy atom. The van der Waals surface area contributed by atoms with Crippen LogP contribution in [-0.4, -0.2) is 28.1 Å². The van der Waals surface area contributed by atoms with E-state index in [0.29, 0.717) is 11.6 Å². The molecule has 0 atom stereocenters. The van der Waals surface area contributed by atoms with E-state index in [4.69, 9.17) is 4.74 Å². The van der Waals surface area contributed by atoms with Gasteiger partial charge in [-0.1, -0.05) is 18.1 Å². The Balaban J connectivity index is 2.35. The lowest BCUT2D eigenvalue weighted by atomic mass is 10.0. The zero-order valence-electron chi connectivity index (χ0n) is 9.06. The summed E-state index contributed by atoms with van der Waals surface area (Å²) in [6, 6.07) is 0. The van der Waals surface area contributed by atoms with Crippen LogP contribution in [0.15, 0.2) is 0 Å². The molecule has 0 aliphatic heterocycles. The van der Waals surface area contributed by atoms with Crippen molar-refractivity contribution in [1.29, 1.82) is 0 Å².